The van der Waals surface area contributed by atoms with Crippen molar-refractivity contribution in [3.8, 4) is 5.75 Å². The third kappa shape index (κ3) is 1.52. The zero-order valence-corrected chi connectivity index (χ0v) is 7.51. The zero-order valence-electron chi connectivity index (χ0n) is 7.51. The third-order valence-corrected chi connectivity index (χ3v) is 2.19. The van der Waals surface area contributed by atoms with Crippen molar-refractivity contribution in [3.63, 3.8) is 0 Å². The summed E-state index contributed by atoms with van der Waals surface area (Å²) in [7, 11) is 0. The molecule has 0 radical (unpaired) electrons. The van der Waals surface area contributed by atoms with Crippen molar-refractivity contribution in [2.45, 2.75) is 18.9 Å². The molecular weight excluding hydrogens is 169 g/mol. The van der Waals surface area contributed by atoms with E-state index in [9.17, 15) is 4.39 Å². The Bertz CT molecular complexity index is 336. The number of fused-ring (bicyclic) bond motifs is 1. The van der Waals surface area contributed by atoms with Crippen LogP contribution in [0.3, 0.4) is 0 Å². The van der Waals surface area contributed by atoms with Gasteiger partial charge in [0.2, 0.25) is 0 Å². The standard InChI is InChI=1S/C10H12FNO/c1-10(12)5-7-3-2-4-8(11)9(7)13-6-10/h2-4H,5-6,12H2,1H3. The molecule has 1 atom stereocenters. The molecule has 2 N–H and O–H groups in total. The number of para-hydroxylation sites is 1. The number of halogens is 1. The topological polar surface area (TPSA) is 35.2 Å². The van der Waals surface area contributed by atoms with Crippen molar-refractivity contribution >= 4 is 0 Å². The van der Waals surface area contributed by atoms with Crippen LogP contribution in [0.25, 0.3) is 0 Å². The van der Waals surface area contributed by atoms with Gasteiger partial charge in [0.25, 0.3) is 0 Å². The molecule has 2 rings (SSSR count). The van der Waals surface area contributed by atoms with Crippen LogP contribution in [0.4, 0.5) is 4.39 Å². The predicted molar refractivity (Wildman–Crippen MR) is 48.2 cm³/mol. The van der Waals surface area contributed by atoms with Crippen LogP contribution in [0.1, 0.15) is 12.5 Å². The molecule has 0 aromatic heterocycles. The number of hydrogen-bond acceptors (Lipinski definition) is 2. The molecule has 2 nitrogen and oxygen atoms in total. The van der Waals surface area contributed by atoms with Crippen molar-refractivity contribution in [3.05, 3.63) is 29.6 Å². The van der Waals surface area contributed by atoms with Crippen LogP contribution >= 0.6 is 0 Å². The molecule has 1 aliphatic rings. The van der Waals surface area contributed by atoms with Crippen LogP contribution in [0.2, 0.25) is 0 Å². The minimum atomic E-state index is -0.374. The summed E-state index contributed by atoms with van der Waals surface area (Å²) in [6, 6.07) is 4.93. The highest BCUT2D eigenvalue weighted by Crippen LogP contribution is 2.30. The van der Waals surface area contributed by atoms with Gasteiger partial charge in [0.1, 0.15) is 6.61 Å². The summed E-state index contributed by atoms with van der Waals surface area (Å²) >= 11 is 0. The smallest absolute Gasteiger partial charge is 0.165 e. The van der Waals surface area contributed by atoms with Crippen LogP contribution in [-0.2, 0) is 6.42 Å². The lowest BCUT2D eigenvalue weighted by molar-refractivity contribution is 0.195. The fraction of sp³-hybridized carbons (Fsp3) is 0.400. The highest BCUT2D eigenvalue weighted by molar-refractivity contribution is 5.38. The predicted octanol–water partition coefficient (Wildman–Crippen LogP) is 1.48. The Hall–Kier alpha value is -1.09. The van der Waals surface area contributed by atoms with Crippen molar-refractivity contribution in [2.24, 2.45) is 5.73 Å². The highest BCUT2D eigenvalue weighted by Gasteiger charge is 2.28. The Morgan fingerprint density at radius 2 is 2.31 bits per heavy atom. The second-order valence-corrected chi connectivity index (χ2v) is 3.85. The van der Waals surface area contributed by atoms with E-state index in [-0.39, 0.29) is 11.4 Å². The molecule has 1 aliphatic heterocycles. The van der Waals surface area contributed by atoms with Crippen molar-refractivity contribution in [2.75, 3.05) is 6.61 Å². The van der Waals surface area contributed by atoms with E-state index in [4.69, 9.17) is 10.5 Å². The minimum Gasteiger partial charge on any atom is -0.488 e. The molecule has 0 aliphatic carbocycles. The third-order valence-electron chi connectivity index (χ3n) is 2.19. The lowest BCUT2D eigenvalue weighted by Gasteiger charge is -2.31. The van der Waals surface area contributed by atoms with Crippen LogP contribution < -0.4 is 10.5 Å². The molecule has 70 valence electrons. The Morgan fingerprint density at radius 3 is 3.08 bits per heavy atom. The van der Waals surface area contributed by atoms with E-state index < -0.39 is 0 Å². The van der Waals surface area contributed by atoms with Gasteiger partial charge in [-0.3, -0.25) is 0 Å². The Balaban J connectivity index is 2.42. The first kappa shape index (κ1) is 8.51. The van der Waals surface area contributed by atoms with Gasteiger partial charge in [0.05, 0.1) is 5.54 Å². The first-order valence-corrected chi connectivity index (χ1v) is 4.28. The normalized spacial score (nSPS) is 26.4. The van der Waals surface area contributed by atoms with E-state index in [1.165, 1.54) is 6.07 Å². The van der Waals surface area contributed by atoms with Gasteiger partial charge in [-0.2, -0.15) is 0 Å². The van der Waals surface area contributed by atoms with Crippen LogP contribution in [0, 0.1) is 5.82 Å². The number of hydrogen-bond donors (Lipinski definition) is 1. The maximum atomic E-state index is 13.2. The summed E-state index contributed by atoms with van der Waals surface area (Å²) in [6.45, 7) is 2.28. The quantitative estimate of drug-likeness (QED) is 0.658. The molecule has 0 saturated heterocycles. The van der Waals surface area contributed by atoms with E-state index in [2.05, 4.69) is 0 Å². The number of ether oxygens (including phenoxy) is 1. The first-order valence-electron chi connectivity index (χ1n) is 4.28. The molecule has 1 aromatic carbocycles. The molecule has 1 unspecified atom stereocenters. The van der Waals surface area contributed by atoms with Crippen molar-refractivity contribution in [1.82, 2.24) is 0 Å². The highest BCUT2D eigenvalue weighted by atomic mass is 19.1. The Morgan fingerprint density at radius 1 is 1.54 bits per heavy atom. The number of nitrogens with two attached hydrogens (primary N) is 1. The van der Waals surface area contributed by atoms with Crippen LogP contribution in [0.5, 0.6) is 5.75 Å². The van der Waals surface area contributed by atoms with Gasteiger partial charge in [0, 0.05) is 0 Å². The largest absolute Gasteiger partial charge is 0.488 e. The molecule has 0 amide bonds. The maximum Gasteiger partial charge on any atom is 0.165 e. The number of benzene rings is 1. The Kier molecular flexibility index (Phi) is 1.77. The number of rotatable bonds is 0. The molecule has 0 saturated carbocycles. The van der Waals surface area contributed by atoms with Crippen LogP contribution in [0.15, 0.2) is 18.2 Å². The van der Waals surface area contributed by atoms with E-state index in [0.717, 1.165) is 5.56 Å². The van der Waals surface area contributed by atoms with Gasteiger partial charge in [-0.1, -0.05) is 12.1 Å². The molecule has 1 heterocycles. The van der Waals surface area contributed by atoms with Gasteiger partial charge in [-0.25, -0.2) is 4.39 Å². The average Bonchev–Trinajstić information content (AvgIpc) is 2.02. The van der Waals surface area contributed by atoms with Crippen molar-refractivity contribution < 1.29 is 9.13 Å². The lowest BCUT2D eigenvalue weighted by atomic mass is 9.92. The molecule has 0 spiro atoms. The summed E-state index contributed by atoms with van der Waals surface area (Å²) < 4.78 is 18.4. The maximum absolute atomic E-state index is 13.2. The van der Waals surface area contributed by atoms with Crippen molar-refractivity contribution in [1.29, 1.82) is 0 Å². The summed E-state index contributed by atoms with van der Waals surface area (Å²) in [5.41, 5.74) is 6.38. The van der Waals surface area contributed by atoms with Crippen LogP contribution in [-0.4, -0.2) is 12.1 Å². The van der Waals surface area contributed by atoms with E-state index in [1.54, 1.807) is 6.07 Å². The van der Waals surface area contributed by atoms with E-state index in [0.29, 0.717) is 18.8 Å². The average molecular weight is 181 g/mol. The van der Waals surface area contributed by atoms with Gasteiger partial charge < -0.3 is 10.5 Å². The molecule has 3 heteroatoms. The fourth-order valence-electron chi connectivity index (χ4n) is 1.58. The first-order chi connectivity index (χ1) is 6.08. The molecule has 13 heavy (non-hydrogen) atoms. The summed E-state index contributed by atoms with van der Waals surface area (Å²) in [5.74, 6) is 0.0680. The van der Waals surface area contributed by atoms with Gasteiger partial charge in [0.15, 0.2) is 11.6 Å². The zero-order chi connectivity index (χ0) is 9.47. The summed E-state index contributed by atoms with van der Waals surface area (Å²) in [5, 5.41) is 0. The minimum absolute atomic E-state index is 0.298. The van der Waals surface area contributed by atoms with E-state index >= 15 is 0 Å². The summed E-state index contributed by atoms with van der Waals surface area (Å²) in [6.07, 6.45) is 0.667. The molecule has 0 fully saturated rings. The van der Waals surface area contributed by atoms with Gasteiger partial charge in [-0.15, -0.1) is 0 Å². The Labute approximate surface area is 76.5 Å². The lowest BCUT2D eigenvalue weighted by Crippen LogP contribution is -2.47. The monoisotopic (exact) mass is 181 g/mol. The van der Waals surface area contributed by atoms with E-state index in [1.807, 2.05) is 13.0 Å². The molecular formula is C10H12FNO. The second kappa shape index (κ2) is 2.70. The summed E-state index contributed by atoms with van der Waals surface area (Å²) in [4.78, 5) is 0. The molecule has 0 bridgehead atoms. The molecule has 1 aromatic rings. The SMILES string of the molecule is CC1(N)COc2c(F)cccc2C1. The fourth-order valence-corrected chi connectivity index (χ4v) is 1.58. The van der Waals surface area contributed by atoms with Gasteiger partial charge >= 0.3 is 0 Å². The second-order valence-electron chi connectivity index (χ2n) is 3.85. The van der Waals surface area contributed by atoms with Gasteiger partial charge in [-0.05, 0) is 25.0 Å².